The fraction of sp³-hybridized carbons (Fsp3) is 0.545. The number of aliphatic hydroxyl groups excluding tert-OH is 1. The van der Waals surface area contributed by atoms with Gasteiger partial charge in [-0.2, -0.15) is 0 Å². The number of ether oxygens (including phenoxy) is 1. The summed E-state index contributed by atoms with van der Waals surface area (Å²) in [4.78, 5) is 21.4. The first kappa shape index (κ1) is 14.3. The van der Waals surface area contributed by atoms with Crippen molar-refractivity contribution in [1.82, 2.24) is 14.9 Å². The lowest BCUT2D eigenvalue weighted by molar-refractivity contribution is 0.0378. The van der Waals surface area contributed by atoms with E-state index in [9.17, 15) is 9.90 Å². The van der Waals surface area contributed by atoms with Gasteiger partial charge in [-0.15, -0.1) is 0 Å². The lowest BCUT2D eigenvalue weighted by Crippen LogP contribution is -2.36. The first-order chi connectivity index (χ1) is 8.58. The topological polar surface area (TPSA) is 87.6 Å². The Bertz CT molecular complexity index is 400. The van der Waals surface area contributed by atoms with Crippen LogP contribution >= 0.6 is 0 Å². The fourth-order valence-electron chi connectivity index (χ4n) is 1.43. The first-order valence-electron chi connectivity index (χ1n) is 5.50. The van der Waals surface area contributed by atoms with Crippen molar-refractivity contribution in [3.05, 3.63) is 18.1 Å². The van der Waals surface area contributed by atoms with Crippen molar-refractivity contribution < 1.29 is 14.6 Å². The van der Waals surface area contributed by atoms with Crippen LogP contribution in [0.2, 0.25) is 0 Å². The number of methoxy groups -OCH3 is 1. The molecular weight excluding hydrogens is 236 g/mol. The highest BCUT2D eigenvalue weighted by Crippen LogP contribution is 2.04. The monoisotopic (exact) mass is 254 g/mol. The molecule has 0 aliphatic rings. The molecule has 1 aromatic heterocycles. The van der Waals surface area contributed by atoms with Gasteiger partial charge in [0.25, 0.3) is 5.91 Å². The van der Waals surface area contributed by atoms with Crippen LogP contribution in [0.5, 0.6) is 0 Å². The Hall–Kier alpha value is -1.73. The van der Waals surface area contributed by atoms with E-state index in [4.69, 9.17) is 4.74 Å². The molecule has 100 valence electrons. The van der Waals surface area contributed by atoms with Crippen LogP contribution in [0.25, 0.3) is 0 Å². The number of carbonyl (C=O) groups is 1. The Morgan fingerprint density at radius 2 is 2.33 bits per heavy atom. The maximum absolute atomic E-state index is 12.0. The Morgan fingerprint density at radius 1 is 1.61 bits per heavy atom. The number of hydrogen-bond donors (Lipinski definition) is 2. The molecule has 0 radical (unpaired) electrons. The van der Waals surface area contributed by atoms with Crippen molar-refractivity contribution in [3.63, 3.8) is 0 Å². The van der Waals surface area contributed by atoms with E-state index in [1.165, 1.54) is 24.4 Å². The van der Waals surface area contributed by atoms with Crippen LogP contribution in [0.3, 0.4) is 0 Å². The number of rotatable bonds is 6. The summed E-state index contributed by atoms with van der Waals surface area (Å²) in [7, 11) is 4.78. The second kappa shape index (κ2) is 6.87. The summed E-state index contributed by atoms with van der Waals surface area (Å²) in [6.45, 7) is 0.359. The molecule has 1 aromatic rings. The third kappa shape index (κ3) is 3.94. The summed E-state index contributed by atoms with van der Waals surface area (Å²) in [6.07, 6.45) is 2.20. The van der Waals surface area contributed by atoms with Crippen molar-refractivity contribution in [2.24, 2.45) is 0 Å². The summed E-state index contributed by atoms with van der Waals surface area (Å²) in [6, 6.07) is 0. The minimum atomic E-state index is -0.718. The Morgan fingerprint density at radius 3 is 2.94 bits per heavy atom. The SMILES string of the molecule is CNc1cncc(C(=O)N(C)CC(O)COC)n1. The predicted octanol–water partition coefficient (Wildman–Crippen LogP) is -0.402. The quantitative estimate of drug-likeness (QED) is 0.718. The van der Waals surface area contributed by atoms with Crippen molar-refractivity contribution in [3.8, 4) is 0 Å². The van der Waals surface area contributed by atoms with Gasteiger partial charge in [-0.1, -0.05) is 0 Å². The standard InChI is InChI=1S/C11H18N4O3/c1-12-10-5-13-4-9(14-10)11(17)15(2)6-8(16)7-18-3/h4-5,8,16H,6-7H2,1-3H3,(H,12,14). The smallest absolute Gasteiger partial charge is 0.273 e. The number of nitrogens with one attached hydrogen (secondary N) is 1. The molecule has 1 heterocycles. The Kier molecular flexibility index (Phi) is 5.47. The van der Waals surface area contributed by atoms with Gasteiger partial charge in [0.1, 0.15) is 11.5 Å². The summed E-state index contributed by atoms with van der Waals surface area (Å²) in [5.74, 6) is 0.224. The number of aromatic nitrogens is 2. The molecule has 0 aliphatic heterocycles. The van der Waals surface area contributed by atoms with Crippen molar-refractivity contribution >= 4 is 11.7 Å². The van der Waals surface area contributed by atoms with Gasteiger partial charge in [0.05, 0.1) is 25.1 Å². The van der Waals surface area contributed by atoms with E-state index in [0.29, 0.717) is 5.82 Å². The molecule has 0 aromatic carbocycles. The highest BCUT2D eigenvalue weighted by Gasteiger charge is 2.17. The third-order valence-electron chi connectivity index (χ3n) is 2.30. The van der Waals surface area contributed by atoms with E-state index in [-0.39, 0.29) is 24.8 Å². The maximum atomic E-state index is 12.0. The van der Waals surface area contributed by atoms with Crippen LogP contribution in [0.15, 0.2) is 12.4 Å². The van der Waals surface area contributed by atoms with E-state index < -0.39 is 6.10 Å². The van der Waals surface area contributed by atoms with Crippen molar-refractivity contribution in [1.29, 1.82) is 0 Å². The van der Waals surface area contributed by atoms with Gasteiger partial charge in [0, 0.05) is 27.7 Å². The molecule has 1 amide bonds. The zero-order valence-corrected chi connectivity index (χ0v) is 10.8. The van der Waals surface area contributed by atoms with Crippen molar-refractivity contribution in [2.45, 2.75) is 6.10 Å². The van der Waals surface area contributed by atoms with Gasteiger partial charge in [0.15, 0.2) is 0 Å². The number of amides is 1. The van der Waals surface area contributed by atoms with Gasteiger partial charge < -0.3 is 20.1 Å². The molecule has 1 unspecified atom stereocenters. The molecule has 0 saturated heterocycles. The molecule has 1 atom stereocenters. The summed E-state index contributed by atoms with van der Waals surface area (Å²) >= 11 is 0. The molecule has 1 rings (SSSR count). The van der Waals surface area contributed by atoms with Gasteiger partial charge in [-0.3, -0.25) is 9.78 Å². The zero-order valence-electron chi connectivity index (χ0n) is 10.8. The third-order valence-corrected chi connectivity index (χ3v) is 2.30. The minimum Gasteiger partial charge on any atom is -0.389 e. The van der Waals surface area contributed by atoms with Crippen LogP contribution in [0, 0.1) is 0 Å². The van der Waals surface area contributed by atoms with Crippen LogP contribution in [0.4, 0.5) is 5.82 Å². The first-order valence-corrected chi connectivity index (χ1v) is 5.50. The summed E-state index contributed by atoms with van der Waals surface area (Å²) in [5, 5.41) is 12.4. The maximum Gasteiger partial charge on any atom is 0.273 e. The molecule has 7 nitrogen and oxygen atoms in total. The molecule has 2 N–H and O–H groups in total. The normalized spacial score (nSPS) is 12.0. The van der Waals surface area contributed by atoms with Crippen molar-refractivity contribution in [2.75, 3.05) is 39.7 Å². The Labute approximate surface area is 106 Å². The molecule has 0 spiro atoms. The van der Waals surface area contributed by atoms with Gasteiger partial charge in [0.2, 0.25) is 0 Å². The van der Waals surface area contributed by atoms with Crippen LogP contribution < -0.4 is 5.32 Å². The number of carbonyl (C=O) groups excluding carboxylic acids is 1. The molecule has 0 saturated carbocycles. The van der Waals surface area contributed by atoms with Crippen LogP contribution in [-0.2, 0) is 4.74 Å². The lowest BCUT2D eigenvalue weighted by Gasteiger charge is -2.20. The Balaban J connectivity index is 2.67. The van der Waals surface area contributed by atoms with E-state index >= 15 is 0 Å². The lowest BCUT2D eigenvalue weighted by atomic mass is 10.3. The number of nitrogens with zero attached hydrogens (tertiary/aromatic N) is 3. The molecule has 7 heteroatoms. The largest absolute Gasteiger partial charge is 0.389 e. The highest BCUT2D eigenvalue weighted by atomic mass is 16.5. The average Bonchev–Trinajstić information content (AvgIpc) is 2.38. The fourth-order valence-corrected chi connectivity index (χ4v) is 1.43. The molecule has 0 bridgehead atoms. The molecule has 0 fully saturated rings. The average molecular weight is 254 g/mol. The van der Waals surface area contributed by atoms with Gasteiger partial charge in [-0.25, -0.2) is 4.98 Å². The van der Waals surface area contributed by atoms with E-state index in [2.05, 4.69) is 15.3 Å². The number of aliphatic hydroxyl groups is 1. The van der Waals surface area contributed by atoms with E-state index in [1.54, 1.807) is 14.1 Å². The number of anilines is 1. The van der Waals surface area contributed by atoms with E-state index in [0.717, 1.165) is 0 Å². The predicted molar refractivity (Wildman–Crippen MR) is 66.4 cm³/mol. The van der Waals surface area contributed by atoms with E-state index in [1.807, 2.05) is 0 Å². The molecule has 0 aliphatic carbocycles. The molecular formula is C11H18N4O3. The minimum absolute atomic E-state index is 0.179. The van der Waals surface area contributed by atoms with Gasteiger partial charge in [-0.05, 0) is 0 Å². The number of hydrogen-bond acceptors (Lipinski definition) is 6. The summed E-state index contributed by atoms with van der Waals surface area (Å²) < 4.78 is 4.80. The highest BCUT2D eigenvalue weighted by molar-refractivity contribution is 5.92. The van der Waals surface area contributed by atoms with Crippen LogP contribution in [0.1, 0.15) is 10.5 Å². The van der Waals surface area contributed by atoms with Crippen LogP contribution in [-0.4, -0.2) is 66.3 Å². The number of likely N-dealkylation sites (N-methyl/N-ethyl adjacent to an activating group) is 1. The van der Waals surface area contributed by atoms with Gasteiger partial charge >= 0.3 is 0 Å². The second-order valence-corrected chi connectivity index (χ2v) is 3.83. The molecule has 18 heavy (non-hydrogen) atoms. The second-order valence-electron chi connectivity index (χ2n) is 3.83. The zero-order chi connectivity index (χ0) is 13.5. The summed E-state index contributed by atoms with van der Waals surface area (Å²) in [5.41, 5.74) is 0.231.